The van der Waals surface area contributed by atoms with Gasteiger partial charge in [0.05, 0.1) is 5.69 Å². The van der Waals surface area contributed by atoms with E-state index in [1.807, 2.05) is 0 Å². The van der Waals surface area contributed by atoms with E-state index in [2.05, 4.69) is 70.6 Å². The summed E-state index contributed by atoms with van der Waals surface area (Å²) in [6.45, 7) is 11.1. The van der Waals surface area contributed by atoms with E-state index in [-0.39, 0.29) is 6.61 Å². The van der Waals surface area contributed by atoms with E-state index < -0.39 is 0 Å². The molecule has 29 heavy (non-hydrogen) atoms. The third kappa shape index (κ3) is 4.09. The summed E-state index contributed by atoms with van der Waals surface area (Å²) in [4.78, 5) is 10.1. The number of fused-ring (bicyclic) bond motifs is 1. The normalized spacial score (nSPS) is 12.8. The van der Waals surface area contributed by atoms with Crippen LogP contribution in [0.15, 0.2) is 24.4 Å². The van der Waals surface area contributed by atoms with Crippen molar-refractivity contribution in [2.75, 3.05) is 6.61 Å². The third-order valence-electron chi connectivity index (χ3n) is 6.03. The summed E-state index contributed by atoms with van der Waals surface area (Å²) >= 11 is 0. The van der Waals surface area contributed by atoms with Crippen LogP contribution in [-0.4, -0.2) is 26.2 Å². The molecular formula is C25H35N3O. The molecule has 4 heteroatoms. The Labute approximate surface area is 175 Å². The van der Waals surface area contributed by atoms with Gasteiger partial charge in [-0.05, 0) is 66.8 Å². The van der Waals surface area contributed by atoms with E-state index in [4.69, 9.17) is 9.97 Å². The Hall–Kier alpha value is -2.20. The molecule has 0 aliphatic rings. The molecule has 0 saturated heterocycles. The highest BCUT2D eigenvalue weighted by Gasteiger charge is 2.20. The highest BCUT2D eigenvalue weighted by molar-refractivity contribution is 5.85. The number of nitrogens with zero attached hydrogens (tertiary/aromatic N) is 3. The lowest BCUT2D eigenvalue weighted by Crippen LogP contribution is -2.03. The molecule has 0 radical (unpaired) electrons. The zero-order valence-corrected chi connectivity index (χ0v) is 18.8. The maximum Gasteiger partial charge on any atom is 0.140 e. The van der Waals surface area contributed by atoms with E-state index >= 15 is 0 Å². The molecule has 3 aromatic heterocycles. The van der Waals surface area contributed by atoms with Crippen molar-refractivity contribution in [2.24, 2.45) is 7.05 Å². The first-order valence-electron chi connectivity index (χ1n) is 11.0. The fourth-order valence-corrected chi connectivity index (χ4v) is 4.25. The van der Waals surface area contributed by atoms with Crippen molar-refractivity contribution in [3.05, 3.63) is 46.9 Å². The molecule has 1 N–H and O–H groups in total. The standard InChI is InChI=1S/C25H35N3O/c1-7-17(12-13-29)21-15-28(6)25-20(21)14-18(8-2)24(27-25)19-10-11-23(16(4)5)26-22(19)9-3/h10-11,14-17,29H,7-9,12-13H2,1-6H3/t17-/m1/s1. The van der Waals surface area contributed by atoms with Gasteiger partial charge in [0.25, 0.3) is 0 Å². The summed E-state index contributed by atoms with van der Waals surface area (Å²) < 4.78 is 2.13. The lowest BCUT2D eigenvalue weighted by molar-refractivity contribution is 0.274. The molecule has 4 nitrogen and oxygen atoms in total. The van der Waals surface area contributed by atoms with Gasteiger partial charge in [-0.25, -0.2) is 4.98 Å². The van der Waals surface area contributed by atoms with Crippen molar-refractivity contribution in [2.45, 2.75) is 72.1 Å². The molecule has 0 aliphatic heterocycles. The van der Waals surface area contributed by atoms with E-state index in [0.29, 0.717) is 11.8 Å². The zero-order chi connectivity index (χ0) is 21.1. The zero-order valence-electron chi connectivity index (χ0n) is 18.8. The summed E-state index contributed by atoms with van der Waals surface area (Å²) in [6.07, 6.45) is 5.83. The highest BCUT2D eigenvalue weighted by atomic mass is 16.3. The van der Waals surface area contributed by atoms with Crippen molar-refractivity contribution in [3.8, 4) is 11.3 Å². The van der Waals surface area contributed by atoms with Crippen LogP contribution in [-0.2, 0) is 19.9 Å². The Morgan fingerprint density at radius 2 is 1.83 bits per heavy atom. The van der Waals surface area contributed by atoms with Crippen LogP contribution < -0.4 is 0 Å². The molecule has 0 unspecified atom stereocenters. The first kappa shape index (κ1) is 21.5. The number of aliphatic hydroxyl groups is 1. The second kappa shape index (κ2) is 9.08. The Kier molecular flexibility index (Phi) is 6.74. The van der Waals surface area contributed by atoms with Crippen LogP contribution >= 0.6 is 0 Å². The minimum atomic E-state index is 0.217. The van der Waals surface area contributed by atoms with Crippen LogP contribution in [0.4, 0.5) is 0 Å². The fourth-order valence-electron chi connectivity index (χ4n) is 4.25. The number of hydrogen-bond donors (Lipinski definition) is 1. The number of pyridine rings is 2. The molecule has 0 saturated carbocycles. The molecule has 3 rings (SSSR count). The number of aliphatic hydroxyl groups excluding tert-OH is 1. The summed E-state index contributed by atoms with van der Waals surface area (Å²) in [5, 5.41) is 10.7. The predicted octanol–water partition coefficient (Wildman–Crippen LogP) is 5.76. The van der Waals surface area contributed by atoms with Crippen molar-refractivity contribution in [3.63, 3.8) is 0 Å². The second-order valence-electron chi connectivity index (χ2n) is 8.27. The predicted molar refractivity (Wildman–Crippen MR) is 122 cm³/mol. The lowest BCUT2D eigenvalue weighted by atomic mass is 9.92. The lowest BCUT2D eigenvalue weighted by Gasteiger charge is -2.16. The average molecular weight is 394 g/mol. The van der Waals surface area contributed by atoms with Gasteiger partial charge >= 0.3 is 0 Å². The highest BCUT2D eigenvalue weighted by Crippen LogP contribution is 2.35. The fraction of sp³-hybridized carbons (Fsp3) is 0.520. The van der Waals surface area contributed by atoms with Crippen molar-refractivity contribution in [1.29, 1.82) is 0 Å². The largest absolute Gasteiger partial charge is 0.396 e. The van der Waals surface area contributed by atoms with E-state index in [1.165, 1.54) is 16.5 Å². The number of aryl methyl sites for hydroxylation is 3. The quantitative estimate of drug-likeness (QED) is 0.529. The van der Waals surface area contributed by atoms with Crippen LogP contribution in [0.3, 0.4) is 0 Å². The number of hydrogen-bond acceptors (Lipinski definition) is 3. The van der Waals surface area contributed by atoms with Crippen LogP contribution in [0.2, 0.25) is 0 Å². The summed E-state index contributed by atoms with van der Waals surface area (Å²) in [7, 11) is 2.07. The molecule has 0 amide bonds. The van der Waals surface area contributed by atoms with Gasteiger partial charge in [0.1, 0.15) is 5.65 Å². The first-order valence-corrected chi connectivity index (χ1v) is 11.0. The Bertz CT molecular complexity index is 987. The number of rotatable bonds is 8. The van der Waals surface area contributed by atoms with Crippen molar-refractivity contribution >= 4 is 11.0 Å². The van der Waals surface area contributed by atoms with E-state index in [9.17, 15) is 5.11 Å². The second-order valence-corrected chi connectivity index (χ2v) is 8.27. The molecule has 3 aromatic rings. The SMILES string of the molecule is CCc1cc2c([C@H](CC)CCO)cn(C)c2nc1-c1ccc(C(C)C)nc1CC. The Morgan fingerprint density at radius 3 is 2.41 bits per heavy atom. The summed E-state index contributed by atoms with van der Waals surface area (Å²) in [6, 6.07) is 6.68. The molecular weight excluding hydrogens is 358 g/mol. The van der Waals surface area contributed by atoms with Crippen LogP contribution in [0.1, 0.15) is 81.8 Å². The Balaban J connectivity index is 2.21. The van der Waals surface area contributed by atoms with Gasteiger partial charge in [-0.15, -0.1) is 0 Å². The van der Waals surface area contributed by atoms with Crippen molar-refractivity contribution in [1.82, 2.24) is 14.5 Å². The maximum absolute atomic E-state index is 9.49. The smallest absolute Gasteiger partial charge is 0.140 e. The van der Waals surface area contributed by atoms with Gasteiger partial charge in [0.2, 0.25) is 0 Å². The van der Waals surface area contributed by atoms with Gasteiger partial charge in [-0.2, -0.15) is 0 Å². The minimum Gasteiger partial charge on any atom is -0.396 e. The van der Waals surface area contributed by atoms with Crippen LogP contribution in [0.25, 0.3) is 22.3 Å². The van der Waals surface area contributed by atoms with Gasteiger partial charge < -0.3 is 9.67 Å². The average Bonchev–Trinajstić information content (AvgIpc) is 3.05. The first-order chi connectivity index (χ1) is 13.9. The third-order valence-corrected chi connectivity index (χ3v) is 6.03. The summed E-state index contributed by atoms with van der Waals surface area (Å²) in [5.41, 5.74) is 8.05. The maximum atomic E-state index is 9.49. The van der Waals surface area contributed by atoms with Gasteiger partial charge in [-0.3, -0.25) is 4.98 Å². The molecule has 0 aliphatic carbocycles. The van der Waals surface area contributed by atoms with Crippen molar-refractivity contribution < 1.29 is 5.11 Å². The molecule has 3 heterocycles. The van der Waals surface area contributed by atoms with Crippen LogP contribution in [0.5, 0.6) is 0 Å². The topological polar surface area (TPSA) is 50.9 Å². The molecule has 0 aromatic carbocycles. The monoisotopic (exact) mass is 393 g/mol. The molecule has 0 bridgehead atoms. The van der Waals surface area contributed by atoms with Gasteiger partial charge in [0.15, 0.2) is 0 Å². The Morgan fingerprint density at radius 1 is 1.07 bits per heavy atom. The van der Waals surface area contributed by atoms with Crippen LogP contribution in [0, 0.1) is 0 Å². The molecule has 0 spiro atoms. The molecule has 1 atom stereocenters. The minimum absolute atomic E-state index is 0.217. The molecule has 0 fully saturated rings. The van der Waals surface area contributed by atoms with E-state index in [0.717, 1.165) is 54.0 Å². The number of aromatic nitrogens is 3. The van der Waals surface area contributed by atoms with Gasteiger partial charge in [-0.1, -0.05) is 34.6 Å². The van der Waals surface area contributed by atoms with Gasteiger partial charge in [0, 0.05) is 42.2 Å². The van der Waals surface area contributed by atoms with E-state index in [1.54, 1.807) is 0 Å². The molecule has 156 valence electrons. The summed E-state index contributed by atoms with van der Waals surface area (Å²) in [5.74, 6) is 0.780.